The molecular formula is C13H9N3O. The highest BCUT2D eigenvalue weighted by Crippen LogP contribution is 2.16. The van der Waals surface area contributed by atoms with Gasteiger partial charge in [0, 0.05) is 18.1 Å². The van der Waals surface area contributed by atoms with Gasteiger partial charge in [-0.05, 0) is 24.3 Å². The summed E-state index contributed by atoms with van der Waals surface area (Å²) in [6.07, 6.45) is 3.12. The highest BCUT2D eigenvalue weighted by atomic mass is 16.1. The van der Waals surface area contributed by atoms with E-state index in [1.165, 1.54) is 6.20 Å². The van der Waals surface area contributed by atoms with Crippen LogP contribution in [0.25, 0.3) is 4.85 Å². The quantitative estimate of drug-likeness (QED) is 0.796. The summed E-state index contributed by atoms with van der Waals surface area (Å²) < 4.78 is 0. The van der Waals surface area contributed by atoms with Crippen LogP contribution in [0.1, 0.15) is 10.4 Å². The molecule has 0 bridgehead atoms. The molecule has 0 unspecified atom stereocenters. The van der Waals surface area contributed by atoms with E-state index in [9.17, 15) is 4.79 Å². The van der Waals surface area contributed by atoms with Crippen molar-refractivity contribution in [3.63, 3.8) is 0 Å². The number of nitrogens with one attached hydrogen (secondary N) is 1. The molecule has 1 aromatic carbocycles. The molecule has 4 nitrogen and oxygen atoms in total. The fourth-order valence-electron chi connectivity index (χ4n) is 1.32. The molecule has 0 aliphatic heterocycles. The zero-order valence-corrected chi connectivity index (χ0v) is 8.92. The van der Waals surface area contributed by atoms with Crippen LogP contribution in [0.2, 0.25) is 0 Å². The van der Waals surface area contributed by atoms with Gasteiger partial charge in [0.2, 0.25) is 0 Å². The molecule has 4 heteroatoms. The molecular weight excluding hydrogens is 214 g/mol. The van der Waals surface area contributed by atoms with Gasteiger partial charge in [-0.3, -0.25) is 9.78 Å². The van der Waals surface area contributed by atoms with Crippen LogP contribution in [0.5, 0.6) is 0 Å². The number of anilines is 1. The number of pyridine rings is 1. The lowest BCUT2D eigenvalue weighted by atomic mass is 10.2. The second-order valence-corrected chi connectivity index (χ2v) is 3.35. The Kier molecular flexibility index (Phi) is 3.13. The van der Waals surface area contributed by atoms with Gasteiger partial charge in [0.05, 0.1) is 12.1 Å². The molecule has 1 N–H and O–H groups in total. The van der Waals surface area contributed by atoms with Crippen LogP contribution in [0.3, 0.4) is 0 Å². The lowest BCUT2D eigenvalue weighted by Crippen LogP contribution is -2.11. The summed E-state index contributed by atoms with van der Waals surface area (Å²) in [7, 11) is 0. The number of carbonyl (C=O) groups is 1. The highest BCUT2D eigenvalue weighted by molar-refractivity contribution is 6.04. The molecule has 0 spiro atoms. The minimum atomic E-state index is -0.214. The number of rotatable bonds is 2. The van der Waals surface area contributed by atoms with Crippen molar-refractivity contribution in [3.8, 4) is 0 Å². The molecule has 0 aliphatic carbocycles. The van der Waals surface area contributed by atoms with Crippen molar-refractivity contribution in [1.82, 2.24) is 4.98 Å². The van der Waals surface area contributed by atoms with Gasteiger partial charge in [-0.15, -0.1) is 0 Å². The summed E-state index contributed by atoms with van der Waals surface area (Å²) in [6.45, 7) is 6.82. The molecule has 0 atom stereocenters. The van der Waals surface area contributed by atoms with Gasteiger partial charge in [0.15, 0.2) is 5.69 Å². The number of hydrogen-bond acceptors (Lipinski definition) is 2. The van der Waals surface area contributed by atoms with Crippen molar-refractivity contribution < 1.29 is 4.79 Å². The van der Waals surface area contributed by atoms with Crippen LogP contribution in [-0.2, 0) is 0 Å². The van der Waals surface area contributed by atoms with E-state index in [1.54, 1.807) is 42.6 Å². The number of hydrogen-bond donors (Lipinski definition) is 1. The molecule has 0 fully saturated rings. The molecule has 0 saturated carbocycles. The lowest BCUT2D eigenvalue weighted by molar-refractivity contribution is 0.102. The zero-order valence-electron chi connectivity index (χ0n) is 8.92. The van der Waals surface area contributed by atoms with E-state index in [-0.39, 0.29) is 5.91 Å². The minimum Gasteiger partial charge on any atom is -0.322 e. The van der Waals surface area contributed by atoms with Crippen molar-refractivity contribution in [2.45, 2.75) is 0 Å². The first-order chi connectivity index (χ1) is 8.29. The predicted molar refractivity (Wildman–Crippen MR) is 64.9 cm³/mol. The van der Waals surface area contributed by atoms with Crippen molar-refractivity contribution in [2.75, 3.05) is 5.32 Å². The molecule has 1 heterocycles. The van der Waals surface area contributed by atoms with Crippen molar-refractivity contribution in [2.24, 2.45) is 0 Å². The average molecular weight is 223 g/mol. The van der Waals surface area contributed by atoms with E-state index in [0.29, 0.717) is 16.9 Å². The maximum atomic E-state index is 11.8. The van der Waals surface area contributed by atoms with Crippen LogP contribution >= 0.6 is 0 Å². The minimum absolute atomic E-state index is 0.214. The second kappa shape index (κ2) is 4.90. The van der Waals surface area contributed by atoms with Crippen molar-refractivity contribution >= 4 is 17.3 Å². The van der Waals surface area contributed by atoms with Crippen molar-refractivity contribution in [3.05, 3.63) is 65.8 Å². The Bertz CT molecular complexity index is 555. The van der Waals surface area contributed by atoms with Gasteiger partial charge in [0.1, 0.15) is 0 Å². The van der Waals surface area contributed by atoms with Crippen molar-refractivity contribution in [1.29, 1.82) is 0 Å². The summed E-state index contributed by atoms with van der Waals surface area (Å²) in [4.78, 5) is 18.9. The fraction of sp³-hybridized carbons (Fsp3) is 0. The fourth-order valence-corrected chi connectivity index (χ4v) is 1.32. The zero-order chi connectivity index (χ0) is 12.1. The summed E-state index contributed by atoms with van der Waals surface area (Å²) in [6, 6.07) is 10.1. The lowest BCUT2D eigenvalue weighted by Gasteiger charge is -2.04. The molecule has 2 rings (SSSR count). The van der Waals surface area contributed by atoms with Crippen LogP contribution in [0, 0.1) is 6.57 Å². The number of carbonyl (C=O) groups excluding carboxylic acids is 1. The Labute approximate surface area is 98.8 Å². The normalized spacial score (nSPS) is 9.35. The van der Waals surface area contributed by atoms with Crippen LogP contribution < -0.4 is 5.32 Å². The summed E-state index contributed by atoms with van der Waals surface area (Å²) >= 11 is 0. The maximum absolute atomic E-state index is 11.8. The smallest absolute Gasteiger partial charge is 0.257 e. The third-order valence-corrected chi connectivity index (χ3v) is 2.18. The molecule has 17 heavy (non-hydrogen) atoms. The largest absolute Gasteiger partial charge is 0.322 e. The van der Waals surface area contributed by atoms with E-state index >= 15 is 0 Å². The predicted octanol–water partition coefficient (Wildman–Crippen LogP) is 2.88. The number of aromatic nitrogens is 1. The summed E-state index contributed by atoms with van der Waals surface area (Å²) in [5, 5.41) is 2.73. The Balaban J connectivity index is 2.11. The molecule has 2 aromatic rings. The van der Waals surface area contributed by atoms with E-state index in [4.69, 9.17) is 6.57 Å². The molecule has 1 amide bonds. The van der Waals surface area contributed by atoms with Gasteiger partial charge in [0.25, 0.3) is 5.91 Å². The number of benzene rings is 1. The standard InChI is InChI=1S/C13H9N3O/c1-14-11-4-6-12(7-5-11)16-13(17)10-3-2-8-15-9-10/h2-9H,(H,16,17). The first-order valence-electron chi connectivity index (χ1n) is 4.98. The maximum Gasteiger partial charge on any atom is 0.257 e. The van der Waals surface area contributed by atoms with Crippen LogP contribution in [0.4, 0.5) is 11.4 Å². The molecule has 82 valence electrons. The summed E-state index contributed by atoms with van der Waals surface area (Å²) in [5.41, 5.74) is 1.71. The number of amides is 1. The first kappa shape index (κ1) is 10.8. The molecule has 0 radical (unpaired) electrons. The van der Waals surface area contributed by atoms with Crippen LogP contribution in [-0.4, -0.2) is 10.9 Å². The van der Waals surface area contributed by atoms with E-state index in [0.717, 1.165) is 0 Å². The molecule has 0 aliphatic rings. The van der Waals surface area contributed by atoms with E-state index < -0.39 is 0 Å². The molecule has 1 aromatic heterocycles. The third-order valence-electron chi connectivity index (χ3n) is 2.18. The highest BCUT2D eigenvalue weighted by Gasteiger charge is 2.05. The monoisotopic (exact) mass is 223 g/mol. The van der Waals surface area contributed by atoms with Gasteiger partial charge in [-0.2, -0.15) is 0 Å². The van der Waals surface area contributed by atoms with Gasteiger partial charge in [-0.25, -0.2) is 4.85 Å². The van der Waals surface area contributed by atoms with Gasteiger partial charge >= 0.3 is 0 Å². The van der Waals surface area contributed by atoms with E-state index in [1.807, 2.05) is 0 Å². The summed E-state index contributed by atoms with van der Waals surface area (Å²) in [5.74, 6) is -0.214. The van der Waals surface area contributed by atoms with Crippen LogP contribution in [0.15, 0.2) is 48.8 Å². The average Bonchev–Trinajstić information content (AvgIpc) is 2.40. The SMILES string of the molecule is [C-]#[N+]c1ccc(NC(=O)c2cccnc2)cc1. The third kappa shape index (κ3) is 2.67. The number of nitrogens with zero attached hydrogens (tertiary/aromatic N) is 2. The van der Waals surface area contributed by atoms with E-state index in [2.05, 4.69) is 15.1 Å². The Morgan fingerprint density at radius 2 is 2.00 bits per heavy atom. The first-order valence-corrected chi connectivity index (χ1v) is 4.98. The Hall–Kier alpha value is -2.67. The van der Waals surface area contributed by atoms with Gasteiger partial charge in [-0.1, -0.05) is 12.1 Å². The Morgan fingerprint density at radius 1 is 1.24 bits per heavy atom. The second-order valence-electron chi connectivity index (χ2n) is 3.35. The Morgan fingerprint density at radius 3 is 2.59 bits per heavy atom. The molecule has 0 saturated heterocycles. The van der Waals surface area contributed by atoms with Gasteiger partial charge < -0.3 is 5.32 Å². The topological polar surface area (TPSA) is 46.4 Å².